The lowest BCUT2D eigenvalue weighted by molar-refractivity contribution is 0.195. The van der Waals surface area contributed by atoms with Crippen molar-refractivity contribution in [1.82, 2.24) is 24.8 Å². The Kier molecular flexibility index (Phi) is 4.76. The number of rotatable bonds is 5. The first-order valence-electron chi connectivity index (χ1n) is 8.62. The second-order valence-electron chi connectivity index (χ2n) is 6.53. The molecule has 1 saturated heterocycles. The maximum Gasteiger partial charge on any atom is 0.188 e. The van der Waals surface area contributed by atoms with Crippen molar-refractivity contribution in [2.75, 3.05) is 18.4 Å². The number of aromatic amines is 1. The molecule has 3 aromatic rings. The monoisotopic (exact) mass is 354 g/mol. The molecule has 0 saturated carbocycles. The fraction of sp³-hybridized carbons (Fsp3) is 0.389. The van der Waals surface area contributed by atoms with E-state index in [9.17, 15) is 0 Å². The number of piperidine rings is 1. The van der Waals surface area contributed by atoms with Crippen LogP contribution in [0.25, 0.3) is 0 Å². The van der Waals surface area contributed by atoms with Gasteiger partial charge in [-0.25, -0.2) is 15.0 Å². The summed E-state index contributed by atoms with van der Waals surface area (Å²) in [4.78, 5) is 19.2. The van der Waals surface area contributed by atoms with E-state index in [2.05, 4.69) is 36.6 Å². The van der Waals surface area contributed by atoms with Gasteiger partial charge in [-0.3, -0.25) is 4.90 Å². The molecule has 25 heavy (non-hydrogen) atoms. The Hall–Kier alpha value is -2.25. The van der Waals surface area contributed by atoms with Crippen molar-refractivity contribution in [3.63, 3.8) is 0 Å². The summed E-state index contributed by atoms with van der Waals surface area (Å²) in [6.07, 6.45) is 7.96. The number of aryl methyl sites for hydroxylation is 1. The third-order valence-electron chi connectivity index (χ3n) is 4.52. The average Bonchev–Trinajstić information content (AvgIpc) is 3.29. The summed E-state index contributed by atoms with van der Waals surface area (Å²) in [6.45, 7) is 5.08. The van der Waals surface area contributed by atoms with Crippen LogP contribution < -0.4 is 5.32 Å². The van der Waals surface area contributed by atoms with Gasteiger partial charge in [0.05, 0.1) is 12.2 Å². The SMILES string of the molecule is Cc1ccc(Nc2nc(C3CCCN(Cc4ncc[nH]4)C3)cs2)nc1. The summed E-state index contributed by atoms with van der Waals surface area (Å²) < 4.78 is 0. The number of pyridine rings is 1. The molecular weight excluding hydrogens is 332 g/mol. The van der Waals surface area contributed by atoms with E-state index in [1.54, 1.807) is 11.3 Å². The second kappa shape index (κ2) is 7.33. The largest absolute Gasteiger partial charge is 0.348 e. The third kappa shape index (κ3) is 4.05. The molecule has 6 nitrogen and oxygen atoms in total. The minimum absolute atomic E-state index is 0.487. The Labute approximate surface area is 151 Å². The van der Waals surface area contributed by atoms with Gasteiger partial charge in [-0.15, -0.1) is 11.3 Å². The summed E-state index contributed by atoms with van der Waals surface area (Å²) in [5.74, 6) is 2.36. The predicted molar refractivity (Wildman–Crippen MR) is 100 cm³/mol. The van der Waals surface area contributed by atoms with Crippen LogP contribution in [0.5, 0.6) is 0 Å². The fourth-order valence-electron chi connectivity index (χ4n) is 3.22. The van der Waals surface area contributed by atoms with Crippen molar-refractivity contribution in [1.29, 1.82) is 0 Å². The zero-order valence-corrected chi connectivity index (χ0v) is 15.1. The van der Waals surface area contributed by atoms with E-state index in [1.807, 2.05) is 31.6 Å². The molecule has 0 amide bonds. The zero-order valence-electron chi connectivity index (χ0n) is 14.3. The summed E-state index contributed by atoms with van der Waals surface area (Å²) in [5, 5.41) is 6.40. The van der Waals surface area contributed by atoms with E-state index in [0.717, 1.165) is 42.0 Å². The van der Waals surface area contributed by atoms with Crippen molar-refractivity contribution in [3.05, 3.63) is 53.2 Å². The lowest BCUT2D eigenvalue weighted by atomic mass is 9.95. The van der Waals surface area contributed by atoms with E-state index in [1.165, 1.54) is 18.5 Å². The molecule has 1 unspecified atom stereocenters. The maximum absolute atomic E-state index is 4.80. The van der Waals surface area contributed by atoms with Crippen LogP contribution in [0.2, 0.25) is 0 Å². The first kappa shape index (κ1) is 16.2. The van der Waals surface area contributed by atoms with Gasteiger partial charge in [-0.05, 0) is 37.9 Å². The normalized spacial score (nSPS) is 18.4. The van der Waals surface area contributed by atoms with Crippen LogP contribution in [0.3, 0.4) is 0 Å². The highest BCUT2D eigenvalue weighted by Crippen LogP contribution is 2.30. The molecule has 0 aromatic carbocycles. The highest BCUT2D eigenvalue weighted by Gasteiger charge is 2.24. The van der Waals surface area contributed by atoms with Crippen molar-refractivity contribution in [2.45, 2.75) is 32.2 Å². The molecule has 0 bridgehead atoms. The van der Waals surface area contributed by atoms with Gasteiger partial charge in [0.2, 0.25) is 0 Å². The van der Waals surface area contributed by atoms with Gasteiger partial charge in [-0.2, -0.15) is 0 Å². The van der Waals surface area contributed by atoms with E-state index in [-0.39, 0.29) is 0 Å². The van der Waals surface area contributed by atoms with Crippen LogP contribution in [-0.4, -0.2) is 37.9 Å². The lowest BCUT2D eigenvalue weighted by Gasteiger charge is -2.31. The number of nitrogens with one attached hydrogen (secondary N) is 2. The summed E-state index contributed by atoms with van der Waals surface area (Å²) >= 11 is 1.65. The summed E-state index contributed by atoms with van der Waals surface area (Å²) in [6, 6.07) is 4.04. The molecule has 130 valence electrons. The summed E-state index contributed by atoms with van der Waals surface area (Å²) in [5.41, 5.74) is 2.34. The first-order chi connectivity index (χ1) is 12.3. The number of thiazole rings is 1. The van der Waals surface area contributed by atoms with Gasteiger partial charge in [0.25, 0.3) is 0 Å². The Balaban J connectivity index is 1.39. The molecule has 4 rings (SSSR count). The number of hydrogen-bond donors (Lipinski definition) is 2. The van der Waals surface area contributed by atoms with Crippen LogP contribution >= 0.6 is 11.3 Å². The lowest BCUT2D eigenvalue weighted by Crippen LogP contribution is -2.34. The number of H-pyrrole nitrogens is 1. The number of nitrogens with zero attached hydrogens (tertiary/aromatic N) is 4. The van der Waals surface area contributed by atoms with Crippen molar-refractivity contribution in [3.8, 4) is 0 Å². The van der Waals surface area contributed by atoms with Gasteiger partial charge >= 0.3 is 0 Å². The standard InChI is InChI=1S/C18H22N6S/c1-13-4-5-16(21-9-13)23-18-22-15(12-25-18)14-3-2-8-24(10-14)11-17-19-6-7-20-17/h4-7,9,12,14H,2-3,8,10-11H2,1H3,(H,19,20)(H,21,22,23). The predicted octanol–water partition coefficient (Wildman–Crippen LogP) is 3.69. The average molecular weight is 354 g/mol. The fourth-order valence-corrected chi connectivity index (χ4v) is 4.02. The van der Waals surface area contributed by atoms with E-state index in [4.69, 9.17) is 4.98 Å². The number of imidazole rings is 1. The van der Waals surface area contributed by atoms with Gasteiger partial charge in [0, 0.05) is 36.4 Å². The molecule has 0 radical (unpaired) electrons. The van der Waals surface area contributed by atoms with E-state index < -0.39 is 0 Å². The minimum Gasteiger partial charge on any atom is -0.348 e. The smallest absolute Gasteiger partial charge is 0.188 e. The van der Waals surface area contributed by atoms with Crippen LogP contribution in [-0.2, 0) is 6.54 Å². The molecule has 3 aromatic heterocycles. The third-order valence-corrected chi connectivity index (χ3v) is 5.30. The molecular formula is C18H22N6S. The van der Waals surface area contributed by atoms with Crippen LogP contribution in [0.15, 0.2) is 36.1 Å². The quantitative estimate of drug-likeness (QED) is 0.731. The van der Waals surface area contributed by atoms with Crippen LogP contribution in [0, 0.1) is 6.92 Å². The number of likely N-dealkylation sites (tertiary alicyclic amines) is 1. The topological polar surface area (TPSA) is 69.7 Å². The van der Waals surface area contributed by atoms with Gasteiger partial charge < -0.3 is 10.3 Å². The number of anilines is 2. The van der Waals surface area contributed by atoms with Crippen molar-refractivity contribution in [2.24, 2.45) is 0 Å². The second-order valence-corrected chi connectivity index (χ2v) is 7.39. The highest BCUT2D eigenvalue weighted by molar-refractivity contribution is 7.13. The molecule has 2 N–H and O–H groups in total. The molecule has 1 atom stereocenters. The summed E-state index contributed by atoms with van der Waals surface area (Å²) in [7, 11) is 0. The first-order valence-corrected chi connectivity index (χ1v) is 9.50. The Morgan fingerprint density at radius 3 is 3.12 bits per heavy atom. The zero-order chi connectivity index (χ0) is 17.1. The Morgan fingerprint density at radius 2 is 2.32 bits per heavy atom. The maximum atomic E-state index is 4.80. The van der Waals surface area contributed by atoms with Crippen LogP contribution in [0.4, 0.5) is 10.9 Å². The van der Waals surface area contributed by atoms with Gasteiger partial charge in [0.15, 0.2) is 5.13 Å². The number of hydrogen-bond acceptors (Lipinski definition) is 6. The van der Waals surface area contributed by atoms with E-state index >= 15 is 0 Å². The molecule has 7 heteroatoms. The molecule has 1 aliphatic heterocycles. The Bertz CT molecular complexity index is 795. The molecule has 0 spiro atoms. The van der Waals surface area contributed by atoms with Gasteiger partial charge in [-0.1, -0.05) is 6.07 Å². The van der Waals surface area contributed by atoms with Crippen molar-refractivity contribution < 1.29 is 0 Å². The molecule has 0 aliphatic carbocycles. The van der Waals surface area contributed by atoms with Crippen molar-refractivity contribution >= 4 is 22.3 Å². The molecule has 4 heterocycles. The molecule has 1 fully saturated rings. The Morgan fingerprint density at radius 1 is 1.36 bits per heavy atom. The van der Waals surface area contributed by atoms with Gasteiger partial charge in [0.1, 0.15) is 11.6 Å². The number of aromatic nitrogens is 4. The minimum atomic E-state index is 0.487. The highest BCUT2D eigenvalue weighted by atomic mass is 32.1. The van der Waals surface area contributed by atoms with E-state index in [0.29, 0.717) is 5.92 Å². The van der Waals surface area contributed by atoms with Crippen LogP contribution in [0.1, 0.15) is 35.8 Å². The molecule has 1 aliphatic rings.